The highest BCUT2D eigenvalue weighted by Crippen LogP contribution is 2.39. The second-order valence-corrected chi connectivity index (χ2v) is 4.78. The van der Waals surface area contributed by atoms with Crippen molar-refractivity contribution in [2.75, 3.05) is 10.6 Å². The van der Waals surface area contributed by atoms with Crippen LogP contribution in [-0.4, -0.2) is 11.0 Å². The van der Waals surface area contributed by atoms with Crippen LogP contribution in [-0.2, 0) is 4.79 Å². The number of rotatable bonds is 2. The summed E-state index contributed by atoms with van der Waals surface area (Å²) in [6.45, 7) is 0. The minimum absolute atomic E-state index is 0.0201. The Morgan fingerprint density at radius 3 is 2.50 bits per heavy atom. The van der Waals surface area contributed by atoms with E-state index in [0.717, 1.165) is 5.56 Å². The molecule has 1 amide bonds. The van der Waals surface area contributed by atoms with Crippen LogP contribution in [0.15, 0.2) is 42.5 Å². The Labute approximate surface area is 115 Å². The number of hydrogen-bond acceptors (Lipinski definition) is 3. The Kier molecular flexibility index (Phi) is 2.82. The molecule has 1 heterocycles. The Hall–Kier alpha value is -2.56. The maximum Gasteiger partial charge on any atom is 0.230 e. The number of anilines is 2. The second-order valence-electron chi connectivity index (χ2n) is 4.78. The van der Waals surface area contributed by atoms with Crippen LogP contribution in [0, 0.1) is 5.82 Å². The van der Waals surface area contributed by atoms with Crippen molar-refractivity contribution in [2.24, 2.45) is 0 Å². The fraction of sp³-hybridized carbons (Fsp3) is 0.133. The van der Waals surface area contributed by atoms with Gasteiger partial charge in [0.1, 0.15) is 11.6 Å². The molecule has 102 valence electrons. The van der Waals surface area contributed by atoms with Gasteiger partial charge in [-0.25, -0.2) is 4.39 Å². The number of carbonyl (C=O) groups excluding carboxylic acids is 1. The van der Waals surface area contributed by atoms with Gasteiger partial charge in [0.2, 0.25) is 5.91 Å². The van der Waals surface area contributed by atoms with Crippen molar-refractivity contribution in [3.63, 3.8) is 0 Å². The number of nitrogens with zero attached hydrogens (tertiary/aromatic N) is 1. The first kappa shape index (κ1) is 12.5. The third-order valence-electron chi connectivity index (χ3n) is 3.48. The molecule has 5 heteroatoms. The number of benzene rings is 2. The first-order chi connectivity index (χ1) is 9.56. The summed E-state index contributed by atoms with van der Waals surface area (Å²) in [5.41, 5.74) is 7.06. The smallest absolute Gasteiger partial charge is 0.230 e. The maximum absolute atomic E-state index is 13.2. The van der Waals surface area contributed by atoms with Crippen molar-refractivity contribution >= 4 is 17.3 Å². The molecule has 1 saturated heterocycles. The number of phenolic OH excluding ortho intramolecular Hbond substituents is 1. The van der Waals surface area contributed by atoms with Gasteiger partial charge in [0.25, 0.3) is 0 Å². The highest BCUT2D eigenvalue weighted by Gasteiger charge is 2.38. The highest BCUT2D eigenvalue weighted by atomic mass is 19.1. The number of aromatic hydroxyl groups is 1. The van der Waals surface area contributed by atoms with E-state index in [9.17, 15) is 14.3 Å². The molecule has 3 rings (SSSR count). The molecule has 0 aromatic heterocycles. The van der Waals surface area contributed by atoms with Crippen LogP contribution in [0.1, 0.15) is 18.0 Å². The fourth-order valence-corrected chi connectivity index (χ4v) is 2.38. The minimum Gasteiger partial charge on any atom is -0.508 e. The number of halogens is 1. The summed E-state index contributed by atoms with van der Waals surface area (Å²) in [4.78, 5) is 13.4. The van der Waals surface area contributed by atoms with Gasteiger partial charge in [0.05, 0.1) is 18.2 Å². The number of β-lactam (4-membered cyclic amide) rings is 1. The second kappa shape index (κ2) is 4.52. The Morgan fingerprint density at radius 2 is 1.90 bits per heavy atom. The molecule has 0 spiro atoms. The van der Waals surface area contributed by atoms with E-state index < -0.39 is 5.82 Å². The predicted molar refractivity (Wildman–Crippen MR) is 73.8 cm³/mol. The first-order valence-electron chi connectivity index (χ1n) is 6.22. The number of phenols is 1. The van der Waals surface area contributed by atoms with Crippen molar-refractivity contribution in [1.29, 1.82) is 0 Å². The molecule has 0 radical (unpaired) electrons. The number of carbonyl (C=O) groups is 1. The van der Waals surface area contributed by atoms with Crippen LogP contribution in [0.3, 0.4) is 0 Å². The first-order valence-corrected chi connectivity index (χ1v) is 6.22. The van der Waals surface area contributed by atoms with Gasteiger partial charge in [-0.3, -0.25) is 4.79 Å². The number of hydrogen-bond donors (Lipinski definition) is 2. The molecule has 4 nitrogen and oxygen atoms in total. The molecule has 1 fully saturated rings. The van der Waals surface area contributed by atoms with Gasteiger partial charge in [0, 0.05) is 5.69 Å². The molecule has 1 unspecified atom stereocenters. The molecule has 1 atom stereocenters. The average molecular weight is 272 g/mol. The number of amides is 1. The lowest BCUT2D eigenvalue weighted by Gasteiger charge is -2.40. The zero-order valence-corrected chi connectivity index (χ0v) is 10.6. The lowest BCUT2D eigenvalue weighted by atomic mass is 9.93. The zero-order chi connectivity index (χ0) is 14.3. The van der Waals surface area contributed by atoms with Crippen LogP contribution in [0.4, 0.5) is 15.8 Å². The quantitative estimate of drug-likeness (QED) is 0.652. The van der Waals surface area contributed by atoms with Crippen molar-refractivity contribution in [1.82, 2.24) is 0 Å². The summed E-state index contributed by atoms with van der Waals surface area (Å²) in [6.07, 6.45) is 0.391. The number of nitrogen functional groups attached to an aromatic ring is 1. The summed E-state index contributed by atoms with van der Waals surface area (Å²) in [6, 6.07) is 10.8. The van der Waals surface area contributed by atoms with Gasteiger partial charge in [-0.05, 0) is 35.9 Å². The van der Waals surface area contributed by atoms with Crippen LogP contribution >= 0.6 is 0 Å². The molecule has 2 aromatic rings. The van der Waals surface area contributed by atoms with E-state index >= 15 is 0 Å². The van der Waals surface area contributed by atoms with Gasteiger partial charge < -0.3 is 15.7 Å². The van der Waals surface area contributed by atoms with Gasteiger partial charge in [-0.1, -0.05) is 12.1 Å². The van der Waals surface area contributed by atoms with E-state index in [1.807, 2.05) is 0 Å². The predicted octanol–water partition coefficient (Wildman–Crippen LogP) is 2.59. The third-order valence-corrected chi connectivity index (χ3v) is 3.48. The van der Waals surface area contributed by atoms with Crippen LogP contribution in [0.5, 0.6) is 5.75 Å². The van der Waals surface area contributed by atoms with Crippen molar-refractivity contribution < 1.29 is 14.3 Å². The largest absolute Gasteiger partial charge is 0.508 e. The lowest BCUT2D eigenvalue weighted by molar-refractivity contribution is -0.124. The topological polar surface area (TPSA) is 66.6 Å². The molecule has 20 heavy (non-hydrogen) atoms. The van der Waals surface area contributed by atoms with Gasteiger partial charge >= 0.3 is 0 Å². The van der Waals surface area contributed by atoms with Crippen LogP contribution in [0.25, 0.3) is 0 Å². The Morgan fingerprint density at radius 1 is 1.20 bits per heavy atom. The molecular formula is C15H13FN2O2. The Bertz CT molecular complexity index is 670. The van der Waals surface area contributed by atoms with E-state index in [1.54, 1.807) is 29.2 Å². The minimum atomic E-state index is -0.497. The monoisotopic (exact) mass is 272 g/mol. The Balaban J connectivity index is 1.93. The van der Waals surface area contributed by atoms with Crippen molar-refractivity contribution in [3.05, 3.63) is 53.8 Å². The third kappa shape index (κ3) is 1.97. The standard InChI is InChI=1S/C15H13FN2O2/c16-12-6-3-10(7-13(12)17)18-14(8-15(18)20)9-1-4-11(19)5-2-9/h1-7,14,19H,8,17H2. The number of nitrogens with two attached hydrogens (primary N) is 1. The fourth-order valence-electron chi connectivity index (χ4n) is 2.38. The molecular weight excluding hydrogens is 259 g/mol. The summed E-state index contributed by atoms with van der Waals surface area (Å²) >= 11 is 0. The van der Waals surface area contributed by atoms with Crippen LogP contribution in [0.2, 0.25) is 0 Å². The van der Waals surface area contributed by atoms with Gasteiger partial charge in [0.15, 0.2) is 0 Å². The van der Waals surface area contributed by atoms with Gasteiger partial charge in [-0.2, -0.15) is 0 Å². The van der Waals surface area contributed by atoms with Crippen molar-refractivity contribution in [3.8, 4) is 5.75 Å². The summed E-state index contributed by atoms with van der Waals surface area (Å²) < 4.78 is 13.2. The molecule has 1 aliphatic rings. The van der Waals surface area contributed by atoms with E-state index in [1.165, 1.54) is 18.2 Å². The maximum atomic E-state index is 13.2. The lowest BCUT2D eigenvalue weighted by Crippen LogP contribution is -2.46. The SMILES string of the molecule is Nc1cc(N2C(=O)CC2c2ccc(O)cc2)ccc1F. The molecule has 0 saturated carbocycles. The van der Waals surface area contributed by atoms with Gasteiger partial charge in [-0.15, -0.1) is 0 Å². The normalized spacial score (nSPS) is 17.9. The zero-order valence-electron chi connectivity index (χ0n) is 10.6. The molecule has 2 aromatic carbocycles. The summed E-state index contributed by atoms with van der Waals surface area (Å²) in [7, 11) is 0. The molecule has 0 bridgehead atoms. The average Bonchev–Trinajstić information content (AvgIpc) is 2.41. The molecule has 0 aliphatic carbocycles. The van der Waals surface area contributed by atoms with Crippen LogP contribution < -0.4 is 10.6 Å². The van der Waals surface area contributed by atoms with E-state index in [-0.39, 0.29) is 23.4 Å². The van der Waals surface area contributed by atoms with Crippen molar-refractivity contribution in [2.45, 2.75) is 12.5 Å². The summed E-state index contributed by atoms with van der Waals surface area (Å²) in [5, 5.41) is 9.29. The van der Waals surface area contributed by atoms with E-state index in [4.69, 9.17) is 5.73 Å². The van der Waals surface area contributed by atoms with E-state index in [0.29, 0.717) is 12.1 Å². The molecule has 3 N–H and O–H groups in total. The molecule has 1 aliphatic heterocycles. The highest BCUT2D eigenvalue weighted by molar-refractivity contribution is 6.01. The summed E-state index contributed by atoms with van der Waals surface area (Å²) in [5.74, 6) is -0.353. The van der Waals surface area contributed by atoms with E-state index in [2.05, 4.69) is 0 Å².